The van der Waals surface area contributed by atoms with Gasteiger partial charge in [-0.05, 0) is 38.1 Å². The van der Waals surface area contributed by atoms with Gasteiger partial charge < -0.3 is 5.73 Å². The molecule has 5 heteroatoms. The first kappa shape index (κ1) is 14.1. The number of alkyl halides is 3. The van der Waals surface area contributed by atoms with Crippen molar-refractivity contribution in [1.29, 1.82) is 0 Å². The minimum absolute atomic E-state index is 0.0870. The summed E-state index contributed by atoms with van der Waals surface area (Å²) in [5, 5.41) is 0. The van der Waals surface area contributed by atoms with E-state index >= 15 is 0 Å². The van der Waals surface area contributed by atoms with Crippen molar-refractivity contribution in [2.75, 3.05) is 13.1 Å². The Hall–Kier alpha value is -0.290. The maximum absolute atomic E-state index is 12.8. The summed E-state index contributed by atoms with van der Waals surface area (Å²) < 4.78 is 38.3. The van der Waals surface area contributed by atoms with Crippen LogP contribution in [0.15, 0.2) is 0 Å². The Balaban J connectivity index is 1.93. The first-order chi connectivity index (χ1) is 8.38. The third kappa shape index (κ3) is 3.18. The topological polar surface area (TPSA) is 29.3 Å². The van der Waals surface area contributed by atoms with Crippen molar-refractivity contribution >= 4 is 0 Å². The standard InChI is InChI=1S/C13H23F3N2/c1-9-5-6-18(8-12(9)17)11-4-2-3-10(7-11)13(14,15)16/h9-12H,2-8,17H2,1H3. The molecule has 18 heavy (non-hydrogen) atoms. The van der Waals surface area contributed by atoms with E-state index in [-0.39, 0.29) is 18.5 Å². The van der Waals surface area contributed by atoms with Crippen molar-refractivity contribution in [3.05, 3.63) is 0 Å². The molecule has 0 spiro atoms. The number of hydrogen-bond donors (Lipinski definition) is 1. The number of likely N-dealkylation sites (tertiary alicyclic amines) is 1. The second kappa shape index (κ2) is 5.37. The van der Waals surface area contributed by atoms with E-state index in [1.165, 1.54) is 0 Å². The van der Waals surface area contributed by atoms with Gasteiger partial charge in [0.05, 0.1) is 5.92 Å². The molecule has 1 heterocycles. The van der Waals surface area contributed by atoms with Gasteiger partial charge in [0.2, 0.25) is 0 Å². The summed E-state index contributed by atoms with van der Waals surface area (Å²) in [5.74, 6) is -0.616. The van der Waals surface area contributed by atoms with E-state index < -0.39 is 12.1 Å². The van der Waals surface area contributed by atoms with E-state index in [2.05, 4.69) is 11.8 Å². The van der Waals surface area contributed by atoms with Gasteiger partial charge in [-0.15, -0.1) is 0 Å². The summed E-state index contributed by atoms with van der Waals surface area (Å²) in [6.07, 6.45) is -0.858. The van der Waals surface area contributed by atoms with Crippen LogP contribution < -0.4 is 5.73 Å². The largest absolute Gasteiger partial charge is 0.391 e. The molecule has 2 nitrogen and oxygen atoms in total. The lowest BCUT2D eigenvalue weighted by Crippen LogP contribution is -2.52. The van der Waals surface area contributed by atoms with Gasteiger partial charge in [-0.1, -0.05) is 13.3 Å². The zero-order chi connectivity index (χ0) is 13.3. The SMILES string of the molecule is CC1CCN(C2CCCC(C(F)(F)F)C2)CC1N. The number of piperidine rings is 1. The average Bonchev–Trinajstić information content (AvgIpc) is 2.32. The molecule has 2 rings (SSSR count). The van der Waals surface area contributed by atoms with E-state index in [0.29, 0.717) is 18.8 Å². The van der Waals surface area contributed by atoms with E-state index in [1.54, 1.807) is 0 Å². The zero-order valence-electron chi connectivity index (χ0n) is 10.9. The lowest BCUT2D eigenvalue weighted by Gasteiger charge is -2.43. The van der Waals surface area contributed by atoms with Crippen molar-refractivity contribution < 1.29 is 13.2 Å². The molecule has 2 aliphatic rings. The molecule has 1 saturated carbocycles. The van der Waals surface area contributed by atoms with Gasteiger partial charge in [-0.25, -0.2) is 0 Å². The fourth-order valence-corrected chi connectivity index (χ4v) is 3.25. The Kier molecular flexibility index (Phi) is 4.22. The summed E-state index contributed by atoms with van der Waals surface area (Å²) in [6, 6.07) is 0.203. The van der Waals surface area contributed by atoms with Crippen LogP contribution in [0, 0.1) is 11.8 Å². The van der Waals surface area contributed by atoms with Gasteiger partial charge >= 0.3 is 6.18 Å². The molecule has 1 saturated heterocycles. The Labute approximate surface area is 107 Å². The molecule has 0 bridgehead atoms. The lowest BCUT2D eigenvalue weighted by molar-refractivity contribution is -0.187. The molecule has 106 valence electrons. The molecule has 0 amide bonds. The van der Waals surface area contributed by atoms with Crippen molar-refractivity contribution in [3.63, 3.8) is 0 Å². The van der Waals surface area contributed by atoms with Gasteiger partial charge in [0.25, 0.3) is 0 Å². The summed E-state index contributed by atoms with van der Waals surface area (Å²) in [6.45, 7) is 3.79. The summed E-state index contributed by atoms with van der Waals surface area (Å²) in [5.41, 5.74) is 6.03. The van der Waals surface area contributed by atoms with Gasteiger partial charge in [-0.3, -0.25) is 4.90 Å². The van der Waals surface area contributed by atoms with Gasteiger partial charge in [0.1, 0.15) is 0 Å². The van der Waals surface area contributed by atoms with Crippen LogP contribution in [0.2, 0.25) is 0 Å². The number of nitrogens with zero attached hydrogens (tertiary/aromatic N) is 1. The second-order valence-corrected chi connectivity index (χ2v) is 5.98. The zero-order valence-corrected chi connectivity index (χ0v) is 10.9. The molecule has 0 aromatic rings. The van der Waals surface area contributed by atoms with Gasteiger partial charge in [0.15, 0.2) is 0 Å². The first-order valence-electron chi connectivity index (χ1n) is 6.94. The van der Waals surface area contributed by atoms with Crippen LogP contribution in [-0.4, -0.2) is 36.2 Å². The van der Waals surface area contributed by atoms with Crippen LogP contribution >= 0.6 is 0 Å². The Bertz CT molecular complexity index is 280. The fourth-order valence-electron chi connectivity index (χ4n) is 3.25. The minimum Gasteiger partial charge on any atom is -0.326 e. The number of halogens is 3. The molecular weight excluding hydrogens is 241 g/mol. The predicted molar refractivity (Wildman–Crippen MR) is 65.1 cm³/mol. The van der Waals surface area contributed by atoms with E-state index in [4.69, 9.17) is 5.73 Å². The molecule has 1 aliphatic carbocycles. The van der Waals surface area contributed by atoms with Crippen molar-refractivity contribution in [3.8, 4) is 0 Å². The quantitative estimate of drug-likeness (QED) is 0.789. The highest BCUT2D eigenvalue weighted by Gasteiger charge is 2.43. The van der Waals surface area contributed by atoms with Gasteiger partial charge in [-0.2, -0.15) is 13.2 Å². The highest BCUT2D eigenvalue weighted by molar-refractivity contribution is 4.88. The van der Waals surface area contributed by atoms with Crippen molar-refractivity contribution in [1.82, 2.24) is 4.90 Å². The first-order valence-corrected chi connectivity index (χ1v) is 6.94. The Morgan fingerprint density at radius 2 is 1.89 bits per heavy atom. The molecule has 4 atom stereocenters. The third-order valence-electron chi connectivity index (χ3n) is 4.67. The van der Waals surface area contributed by atoms with Crippen molar-refractivity contribution in [2.24, 2.45) is 17.6 Å². The van der Waals surface area contributed by atoms with E-state index in [1.807, 2.05) is 0 Å². The molecule has 2 N–H and O–H groups in total. The molecule has 2 fully saturated rings. The number of nitrogens with two attached hydrogens (primary N) is 1. The highest BCUT2D eigenvalue weighted by atomic mass is 19.4. The number of hydrogen-bond acceptors (Lipinski definition) is 2. The van der Waals surface area contributed by atoms with Crippen LogP contribution in [0.1, 0.15) is 39.0 Å². The molecule has 0 aromatic heterocycles. The minimum atomic E-state index is -4.02. The van der Waals surface area contributed by atoms with Gasteiger partial charge in [0, 0.05) is 18.6 Å². The van der Waals surface area contributed by atoms with Crippen LogP contribution in [0.25, 0.3) is 0 Å². The Morgan fingerprint density at radius 1 is 1.17 bits per heavy atom. The second-order valence-electron chi connectivity index (χ2n) is 5.98. The smallest absolute Gasteiger partial charge is 0.326 e. The number of rotatable bonds is 1. The average molecular weight is 264 g/mol. The maximum Gasteiger partial charge on any atom is 0.391 e. The summed E-state index contributed by atoms with van der Waals surface area (Å²) >= 11 is 0. The molecule has 0 radical (unpaired) electrons. The maximum atomic E-state index is 12.8. The van der Waals surface area contributed by atoms with Crippen LogP contribution in [0.3, 0.4) is 0 Å². The lowest BCUT2D eigenvalue weighted by atomic mass is 9.83. The fraction of sp³-hybridized carbons (Fsp3) is 1.00. The molecule has 4 unspecified atom stereocenters. The van der Waals surface area contributed by atoms with E-state index in [0.717, 1.165) is 25.9 Å². The third-order valence-corrected chi connectivity index (χ3v) is 4.67. The monoisotopic (exact) mass is 264 g/mol. The normalized spacial score (nSPS) is 39.8. The predicted octanol–water partition coefficient (Wildman–Crippen LogP) is 2.78. The summed E-state index contributed by atoms with van der Waals surface area (Å²) in [7, 11) is 0. The molecular formula is C13H23F3N2. The van der Waals surface area contributed by atoms with E-state index in [9.17, 15) is 13.2 Å². The van der Waals surface area contributed by atoms with Crippen LogP contribution in [-0.2, 0) is 0 Å². The van der Waals surface area contributed by atoms with Crippen LogP contribution in [0.5, 0.6) is 0 Å². The molecule has 0 aromatic carbocycles. The molecule has 1 aliphatic heterocycles. The Morgan fingerprint density at radius 3 is 2.50 bits per heavy atom. The summed E-state index contributed by atoms with van der Waals surface area (Å²) in [4.78, 5) is 2.20. The van der Waals surface area contributed by atoms with Crippen molar-refractivity contribution in [2.45, 2.75) is 57.3 Å². The van der Waals surface area contributed by atoms with Crippen LogP contribution in [0.4, 0.5) is 13.2 Å². The highest BCUT2D eigenvalue weighted by Crippen LogP contribution is 2.39.